The maximum atomic E-state index is 12.7. The van der Waals surface area contributed by atoms with Gasteiger partial charge in [-0.05, 0) is 40.8 Å². The van der Waals surface area contributed by atoms with Crippen LogP contribution in [0.15, 0.2) is 65.8 Å². The number of anilines is 1. The van der Waals surface area contributed by atoms with Crippen molar-refractivity contribution < 1.29 is 41.0 Å². The number of nitrogens with one attached hydrogen (secondary N) is 1. The predicted octanol–water partition coefficient (Wildman–Crippen LogP) is 4.84. The SMILES string of the molecule is CC.CC(C)(C)c1ccc(CNC=O)cc1.O=C(O)c1cnc(N2CCN(S(=O)(=O)c3ccc(OC(F)(F)F)cc3)CC2)cn1. The van der Waals surface area contributed by atoms with Crippen LogP contribution < -0.4 is 15.0 Å². The number of sulfonamides is 1. The minimum Gasteiger partial charge on any atom is -0.476 e. The van der Waals surface area contributed by atoms with Crippen molar-refractivity contribution in [1.29, 1.82) is 0 Å². The fraction of sp³-hybridized carbons (Fsp3) is 0.400. The van der Waals surface area contributed by atoms with Gasteiger partial charge in [-0.3, -0.25) is 4.79 Å². The van der Waals surface area contributed by atoms with Crippen LogP contribution >= 0.6 is 0 Å². The number of carboxylic acids is 1. The Morgan fingerprint density at radius 1 is 0.956 bits per heavy atom. The van der Waals surface area contributed by atoms with Crippen LogP contribution in [0.5, 0.6) is 5.75 Å². The third-order valence-electron chi connectivity index (χ3n) is 6.32. The summed E-state index contributed by atoms with van der Waals surface area (Å²) in [5.41, 5.74) is 2.43. The van der Waals surface area contributed by atoms with Crippen LogP contribution in [0.25, 0.3) is 0 Å². The lowest BCUT2D eigenvalue weighted by Crippen LogP contribution is -2.49. The lowest BCUT2D eigenvalue weighted by Gasteiger charge is -2.34. The number of aromatic carboxylic acids is 1. The molecule has 45 heavy (non-hydrogen) atoms. The van der Waals surface area contributed by atoms with E-state index in [0.29, 0.717) is 12.4 Å². The highest BCUT2D eigenvalue weighted by Gasteiger charge is 2.32. The molecule has 1 aromatic heterocycles. The number of amides is 1. The smallest absolute Gasteiger partial charge is 0.476 e. The first kappa shape index (κ1) is 36.9. The Kier molecular flexibility index (Phi) is 13.3. The molecule has 0 saturated carbocycles. The number of alkyl halides is 3. The molecule has 1 fully saturated rings. The molecule has 4 rings (SSSR count). The van der Waals surface area contributed by atoms with Crippen LogP contribution in [0.3, 0.4) is 0 Å². The molecule has 0 radical (unpaired) electrons. The fourth-order valence-corrected chi connectivity index (χ4v) is 5.42. The van der Waals surface area contributed by atoms with Crippen LogP contribution in [0.4, 0.5) is 19.0 Å². The van der Waals surface area contributed by atoms with Gasteiger partial charge in [-0.2, -0.15) is 4.31 Å². The highest BCUT2D eigenvalue weighted by atomic mass is 32.2. The number of benzene rings is 2. The molecule has 15 heteroatoms. The van der Waals surface area contributed by atoms with Gasteiger partial charge in [0.15, 0.2) is 5.69 Å². The summed E-state index contributed by atoms with van der Waals surface area (Å²) in [5.74, 6) is -1.29. The molecule has 1 amide bonds. The number of carboxylic acid groups (broad SMARTS) is 1. The van der Waals surface area contributed by atoms with Crippen molar-refractivity contribution in [2.24, 2.45) is 0 Å². The van der Waals surface area contributed by atoms with E-state index >= 15 is 0 Å². The van der Waals surface area contributed by atoms with E-state index in [0.717, 1.165) is 42.4 Å². The van der Waals surface area contributed by atoms with E-state index in [1.807, 2.05) is 13.8 Å². The third kappa shape index (κ3) is 11.3. The van der Waals surface area contributed by atoms with Crippen molar-refractivity contribution in [2.45, 2.75) is 57.8 Å². The average Bonchev–Trinajstić information content (AvgIpc) is 3.01. The third-order valence-corrected chi connectivity index (χ3v) is 8.24. The van der Waals surface area contributed by atoms with E-state index in [1.165, 1.54) is 16.1 Å². The van der Waals surface area contributed by atoms with Crippen molar-refractivity contribution in [3.05, 3.63) is 77.7 Å². The van der Waals surface area contributed by atoms with E-state index in [1.54, 1.807) is 4.90 Å². The number of nitrogens with zero attached hydrogens (tertiary/aromatic N) is 4. The van der Waals surface area contributed by atoms with E-state index in [4.69, 9.17) is 5.11 Å². The van der Waals surface area contributed by atoms with Gasteiger partial charge in [0, 0.05) is 32.7 Å². The zero-order chi connectivity index (χ0) is 33.8. The number of aromatic nitrogens is 2. The second-order valence-corrected chi connectivity index (χ2v) is 12.4. The van der Waals surface area contributed by atoms with Gasteiger partial charge >= 0.3 is 12.3 Å². The Labute approximate surface area is 261 Å². The molecule has 2 heterocycles. The molecule has 11 nitrogen and oxygen atoms in total. The molecule has 1 aliphatic heterocycles. The van der Waals surface area contributed by atoms with Gasteiger partial charge in [0.2, 0.25) is 16.4 Å². The molecule has 0 spiro atoms. The number of rotatable bonds is 8. The molecule has 0 atom stereocenters. The molecule has 3 aromatic rings. The van der Waals surface area contributed by atoms with E-state index in [9.17, 15) is 31.2 Å². The molecule has 0 unspecified atom stereocenters. The quantitative estimate of drug-likeness (QED) is 0.327. The van der Waals surface area contributed by atoms with Crippen LogP contribution in [-0.4, -0.2) is 72.7 Å². The van der Waals surface area contributed by atoms with Crippen molar-refractivity contribution in [3.63, 3.8) is 0 Å². The second-order valence-electron chi connectivity index (χ2n) is 10.4. The molecule has 0 bridgehead atoms. The van der Waals surface area contributed by atoms with Crippen LogP contribution in [0, 0.1) is 0 Å². The Hall–Kier alpha value is -4.24. The Morgan fingerprint density at radius 2 is 1.53 bits per heavy atom. The molecule has 2 aromatic carbocycles. The summed E-state index contributed by atoms with van der Waals surface area (Å²) in [6.45, 7) is 12.0. The summed E-state index contributed by atoms with van der Waals surface area (Å²) < 4.78 is 67.0. The van der Waals surface area contributed by atoms with E-state index in [2.05, 4.69) is 65.1 Å². The minimum absolute atomic E-state index is 0.117. The molecular formula is C30H38F3N5O6S. The van der Waals surface area contributed by atoms with Crippen LogP contribution in [0.1, 0.15) is 56.2 Å². The zero-order valence-electron chi connectivity index (χ0n) is 25.7. The first-order chi connectivity index (χ1) is 21.1. The molecular weight excluding hydrogens is 615 g/mol. The number of piperazine rings is 1. The van der Waals surface area contributed by atoms with Crippen LogP contribution in [0.2, 0.25) is 0 Å². The summed E-state index contributed by atoms with van der Waals surface area (Å²) in [5, 5.41) is 11.5. The van der Waals surface area contributed by atoms with Gasteiger partial charge in [0.05, 0.1) is 17.3 Å². The number of ether oxygens (including phenoxy) is 1. The lowest BCUT2D eigenvalue weighted by atomic mass is 9.87. The van der Waals surface area contributed by atoms with Gasteiger partial charge in [-0.25, -0.2) is 23.2 Å². The standard InChI is InChI=1S/C16H15F3N4O5S.C12H17NO.C2H6/c17-16(18,19)28-11-1-3-12(4-2-11)29(26,27)23-7-5-22(6-8-23)14-10-20-13(9-21-14)15(24)25;1-12(2,3)11-6-4-10(5-7-11)8-13-9-14;1-2/h1-4,9-10H,5-8H2,(H,24,25);4-7,9H,8H2,1-3H3,(H,13,14);1-2H3. The summed E-state index contributed by atoms with van der Waals surface area (Å²) >= 11 is 0. The highest BCUT2D eigenvalue weighted by molar-refractivity contribution is 7.89. The highest BCUT2D eigenvalue weighted by Crippen LogP contribution is 2.26. The number of halogens is 3. The predicted molar refractivity (Wildman–Crippen MR) is 162 cm³/mol. The monoisotopic (exact) mass is 653 g/mol. The number of carbonyl (C=O) groups is 2. The topological polar surface area (TPSA) is 142 Å². The maximum Gasteiger partial charge on any atom is 0.573 e. The number of hydrogen-bond acceptors (Lipinski definition) is 8. The van der Waals surface area contributed by atoms with E-state index in [-0.39, 0.29) is 42.2 Å². The molecule has 1 aliphatic rings. The van der Waals surface area contributed by atoms with Crippen LogP contribution in [-0.2, 0) is 26.8 Å². The maximum absolute atomic E-state index is 12.7. The molecule has 1 saturated heterocycles. The van der Waals surface area contributed by atoms with Gasteiger partial charge in [-0.1, -0.05) is 58.9 Å². The van der Waals surface area contributed by atoms with Gasteiger partial charge in [0.25, 0.3) is 0 Å². The molecule has 2 N–H and O–H groups in total. The number of carbonyl (C=O) groups excluding carboxylic acids is 1. The Morgan fingerprint density at radius 3 is 1.98 bits per heavy atom. The second kappa shape index (κ2) is 16.2. The fourth-order valence-electron chi connectivity index (χ4n) is 4.00. The minimum atomic E-state index is -4.86. The summed E-state index contributed by atoms with van der Waals surface area (Å²) in [4.78, 5) is 30.3. The largest absolute Gasteiger partial charge is 0.573 e. The van der Waals surface area contributed by atoms with Gasteiger partial charge in [0.1, 0.15) is 11.6 Å². The van der Waals surface area contributed by atoms with Crippen molar-refractivity contribution in [2.75, 3.05) is 31.1 Å². The summed E-state index contributed by atoms with van der Waals surface area (Å²) in [6, 6.07) is 12.3. The van der Waals surface area contributed by atoms with Crippen molar-refractivity contribution in [3.8, 4) is 5.75 Å². The van der Waals surface area contributed by atoms with Crippen molar-refractivity contribution in [1.82, 2.24) is 19.6 Å². The normalized spacial score (nSPS) is 13.8. The Bertz CT molecular complexity index is 1470. The molecule has 0 aliphatic carbocycles. The van der Waals surface area contributed by atoms with E-state index < -0.39 is 28.1 Å². The summed E-state index contributed by atoms with van der Waals surface area (Å²) in [6.07, 6.45) is -1.72. The number of hydrogen-bond donors (Lipinski definition) is 2. The zero-order valence-corrected chi connectivity index (χ0v) is 26.5. The Balaban J connectivity index is 0.000000370. The van der Waals surface area contributed by atoms with Gasteiger partial charge < -0.3 is 20.1 Å². The van der Waals surface area contributed by atoms with Gasteiger partial charge in [-0.15, -0.1) is 13.2 Å². The van der Waals surface area contributed by atoms with Crippen molar-refractivity contribution >= 4 is 28.2 Å². The molecule has 246 valence electrons. The summed E-state index contributed by atoms with van der Waals surface area (Å²) in [7, 11) is -3.89. The lowest BCUT2D eigenvalue weighted by molar-refractivity contribution is -0.274. The first-order valence-electron chi connectivity index (χ1n) is 14.0. The average molecular weight is 654 g/mol. The first-order valence-corrected chi connectivity index (χ1v) is 15.5.